The molecule has 1 nitrogen and oxygen atoms in total. The lowest BCUT2D eigenvalue weighted by atomic mass is 10.9. The summed E-state index contributed by atoms with van der Waals surface area (Å²) in [7, 11) is 0.890. The minimum Gasteiger partial charge on any atom is -0.428 e. The highest BCUT2D eigenvalue weighted by atomic mass is 28.2. The summed E-state index contributed by atoms with van der Waals surface area (Å²) in [6.07, 6.45) is 0. The molecule has 0 fully saturated rings. The molecule has 0 rings (SSSR count). The number of rotatable bonds is 1. The Hall–Kier alpha value is 0.177. The molecule has 0 heterocycles. The third-order valence-corrected chi connectivity index (χ3v) is 0.866. The molecule has 2 heteroatoms. The van der Waals surface area contributed by atoms with Crippen molar-refractivity contribution < 1.29 is 4.43 Å². The molecule has 0 atom stereocenters. The summed E-state index contributed by atoms with van der Waals surface area (Å²) in [4.78, 5) is 0. The minimum atomic E-state index is 0. The second-order valence-corrected chi connectivity index (χ2v) is 1.15. The third-order valence-electron chi connectivity index (χ3n) is 0.289. The Bertz CT molecular complexity index is 9.51. The van der Waals surface area contributed by atoms with Crippen molar-refractivity contribution in [2.75, 3.05) is 6.61 Å². The molecule has 0 aliphatic heterocycles. The summed E-state index contributed by atoms with van der Waals surface area (Å²) in [6.45, 7) is 2.87. The van der Waals surface area contributed by atoms with Crippen LogP contribution in [0.1, 0.15) is 21.8 Å². The molecular weight excluding hydrogens is 92.1 g/mol. The van der Waals surface area contributed by atoms with Crippen molar-refractivity contribution in [1.29, 1.82) is 0 Å². The van der Waals surface area contributed by atoms with Gasteiger partial charge in [-0.3, -0.25) is 0 Å². The Morgan fingerprint density at radius 2 is 1.67 bits per heavy atom. The Kier molecular flexibility index (Phi) is 52.1. The Balaban J connectivity index is -0.0000000450. The zero-order valence-electron chi connectivity index (χ0n) is 3.12. The van der Waals surface area contributed by atoms with Crippen LogP contribution in [-0.4, -0.2) is 17.1 Å². The Morgan fingerprint density at radius 3 is 1.67 bits per heavy atom. The van der Waals surface area contributed by atoms with Gasteiger partial charge < -0.3 is 4.43 Å². The van der Waals surface area contributed by atoms with Crippen LogP contribution in [0.15, 0.2) is 0 Å². The zero-order valence-corrected chi connectivity index (χ0v) is 5.12. The Morgan fingerprint density at radius 1 is 1.50 bits per heavy atom. The van der Waals surface area contributed by atoms with Crippen LogP contribution in [0.5, 0.6) is 0 Å². The first-order valence-corrected chi connectivity index (χ1v) is 2.22. The standard InChI is InChI=1S/C2H8OSi.2CH4/c1-2-3-4;;/h2H2,1,4H3;2*1H4. The van der Waals surface area contributed by atoms with Gasteiger partial charge in [0.25, 0.3) is 0 Å². The summed E-state index contributed by atoms with van der Waals surface area (Å²) >= 11 is 0. The van der Waals surface area contributed by atoms with Crippen LogP contribution in [0.25, 0.3) is 0 Å². The molecule has 0 radical (unpaired) electrons. The van der Waals surface area contributed by atoms with Crippen molar-refractivity contribution in [3.63, 3.8) is 0 Å². The second kappa shape index (κ2) is 19.1. The topological polar surface area (TPSA) is 9.23 Å². The quantitative estimate of drug-likeness (QED) is 0.446. The highest BCUT2D eigenvalue weighted by Crippen LogP contribution is 1.50. The largest absolute Gasteiger partial charge is 0.428 e. The first-order valence-electron chi connectivity index (χ1n) is 1.40. The monoisotopic (exact) mass is 108 g/mol. The third kappa shape index (κ3) is 30.4. The molecule has 0 aliphatic rings. The second-order valence-electron chi connectivity index (χ2n) is 0.577. The lowest BCUT2D eigenvalue weighted by molar-refractivity contribution is 0.375. The van der Waals surface area contributed by atoms with Gasteiger partial charge in [-0.25, -0.2) is 0 Å². The fourth-order valence-electron chi connectivity index (χ4n) is 0. The average molecular weight is 108 g/mol. The van der Waals surface area contributed by atoms with Gasteiger partial charge in [-0.1, -0.05) is 14.9 Å². The maximum Gasteiger partial charge on any atom is 0.145 e. The van der Waals surface area contributed by atoms with Crippen molar-refractivity contribution in [2.24, 2.45) is 0 Å². The molecule has 6 heavy (non-hydrogen) atoms. The van der Waals surface area contributed by atoms with E-state index >= 15 is 0 Å². The predicted molar refractivity (Wildman–Crippen MR) is 35.0 cm³/mol. The van der Waals surface area contributed by atoms with Crippen LogP contribution in [0, 0.1) is 0 Å². The van der Waals surface area contributed by atoms with E-state index in [1.54, 1.807) is 0 Å². The van der Waals surface area contributed by atoms with Crippen molar-refractivity contribution in [3.8, 4) is 0 Å². The molecule has 0 N–H and O–H groups in total. The van der Waals surface area contributed by atoms with Crippen LogP contribution in [0.3, 0.4) is 0 Å². The molecule has 42 valence electrons. The van der Waals surface area contributed by atoms with E-state index < -0.39 is 0 Å². The van der Waals surface area contributed by atoms with Gasteiger partial charge in [-0.15, -0.1) is 0 Å². The summed E-state index contributed by atoms with van der Waals surface area (Å²) < 4.78 is 4.68. The molecule has 0 spiro atoms. The molecule has 0 amide bonds. The fourth-order valence-corrected chi connectivity index (χ4v) is 0. The van der Waals surface area contributed by atoms with Gasteiger partial charge >= 0.3 is 0 Å². The molecule has 0 aliphatic carbocycles. The van der Waals surface area contributed by atoms with Gasteiger partial charge in [0.1, 0.15) is 10.5 Å². The summed E-state index contributed by atoms with van der Waals surface area (Å²) in [5, 5.41) is 0. The Labute approximate surface area is 44.3 Å². The highest BCUT2D eigenvalue weighted by Gasteiger charge is 1.51. The zero-order chi connectivity index (χ0) is 3.41. The highest BCUT2D eigenvalue weighted by molar-refractivity contribution is 5.97. The van der Waals surface area contributed by atoms with Gasteiger partial charge in [0.05, 0.1) is 0 Å². The van der Waals surface area contributed by atoms with Crippen molar-refractivity contribution in [2.45, 2.75) is 21.8 Å². The van der Waals surface area contributed by atoms with E-state index in [-0.39, 0.29) is 14.9 Å². The average Bonchev–Trinajstić information content (AvgIpc) is 1.37. The van der Waals surface area contributed by atoms with Gasteiger partial charge in [0, 0.05) is 6.61 Å². The van der Waals surface area contributed by atoms with Gasteiger partial charge in [0.15, 0.2) is 0 Å². The smallest absolute Gasteiger partial charge is 0.145 e. The minimum absolute atomic E-state index is 0. The maximum absolute atomic E-state index is 4.68. The van der Waals surface area contributed by atoms with E-state index in [0.29, 0.717) is 0 Å². The lowest BCUT2D eigenvalue weighted by Gasteiger charge is -1.77. The fraction of sp³-hybridized carbons (Fsp3) is 1.00. The normalized spacial score (nSPS) is 5.50. The van der Waals surface area contributed by atoms with Gasteiger partial charge in [-0.05, 0) is 6.92 Å². The molecular formula is C4H16OSi. The molecule has 0 aromatic carbocycles. The molecule has 0 bridgehead atoms. The summed E-state index contributed by atoms with van der Waals surface area (Å²) in [6, 6.07) is 0. The molecule has 0 unspecified atom stereocenters. The lowest BCUT2D eigenvalue weighted by Crippen LogP contribution is -1.76. The molecule has 0 aromatic rings. The van der Waals surface area contributed by atoms with Crippen LogP contribution in [0.4, 0.5) is 0 Å². The van der Waals surface area contributed by atoms with Crippen LogP contribution in [0.2, 0.25) is 0 Å². The van der Waals surface area contributed by atoms with E-state index in [9.17, 15) is 0 Å². The van der Waals surface area contributed by atoms with Crippen molar-refractivity contribution in [1.82, 2.24) is 0 Å². The maximum atomic E-state index is 4.68. The van der Waals surface area contributed by atoms with Crippen molar-refractivity contribution in [3.05, 3.63) is 0 Å². The van der Waals surface area contributed by atoms with E-state index in [1.165, 1.54) is 0 Å². The number of hydrogen-bond donors (Lipinski definition) is 0. The first kappa shape index (κ1) is 16.4. The van der Waals surface area contributed by atoms with Crippen LogP contribution >= 0.6 is 0 Å². The summed E-state index contributed by atoms with van der Waals surface area (Å²) in [5.41, 5.74) is 0. The van der Waals surface area contributed by atoms with Crippen molar-refractivity contribution >= 4 is 10.5 Å². The summed E-state index contributed by atoms with van der Waals surface area (Å²) in [5.74, 6) is 0. The van der Waals surface area contributed by atoms with E-state index in [2.05, 4.69) is 4.43 Å². The number of hydrogen-bond acceptors (Lipinski definition) is 1. The molecule has 0 aromatic heterocycles. The van der Waals surface area contributed by atoms with E-state index in [1.807, 2.05) is 6.92 Å². The van der Waals surface area contributed by atoms with E-state index in [0.717, 1.165) is 17.1 Å². The van der Waals surface area contributed by atoms with Gasteiger partial charge in [-0.2, -0.15) is 0 Å². The molecule has 0 saturated heterocycles. The van der Waals surface area contributed by atoms with Crippen LogP contribution in [-0.2, 0) is 4.43 Å². The van der Waals surface area contributed by atoms with Gasteiger partial charge in [0.2, 0.25) is 0 Å². The predicted octanol–water partition coefficient (Wildman–Crippen LogP) is 0.575. The van der Waals surface area contributed by atoms with E-state index in [4.69, 9.17) is 0 Å². The first-order chi connectivity index (χ1) is 1.91. The van der Waals surface area contributed by atoms with Crippen LogP contribution < -0.4 is 0 Å². The molecule has 0 saturated carbocycles. The SMILES string of the molecule is C.C.CCO[SiH3].